The number of nitrogens with one attached hydrogen (secondary N) is 1. The standard InChI is InChI=1S/C18H16N2OS/c21-18(16-11-13-5-1-2-9-15(13)22-16)20-14-8-3-6-12-7-4-10-19-17(12)14/h3-4,6-8,10-11H,1-2,5,9H2,(H,20,21). The smallest absolute Gasteiger partial charge is 0.265 e. The zero-order valence-corrected chi connectivity index (χ0v) is 13.0. The number of carbonyl (C=O) groups excluding carboxylic acids is 1. The lowest BCUT2D eigenvalue weighted by Gasteiger charge is -2.08. The van der Waals surface area contributed by atoms with Crippen molar-refractivity contribution in [1.82, 2.24) is 4.98 Å². The van der Waals surface area contributed by atoms with Crippen molar-refractivity contribution >= 4 is 33.8 Å². The Labute approximate surface area is 133 Å². The minimum Gasteiger partial charge on any atom is -0.319 e. The van der Waals surface area contributed by atoms with E-state index in [1.807, 2.05) is 30.3 Å². The number of rotatable bonds is 2. The zero-order chi connectivity index (χ0) is 14.9. The number of hydrogen-bond donors (Lipinski definition) is 1. The van der Waals surface area contributed by atoms with E-state index >= 15 is 0 Å². The average Bonchev–Trinajstić information content (AvgIpc) is 2.99. The van der Waals surface area contributed by atoms with Crippen LogP contribution in [0.15, 0.2) is 42.6 Å². The molecule has 0 saturated heterocycles. The van der Waals surface area contributed by atoms with Crippen molar-refractivity contribution in [3.63, 3.8) is 0 Å². The molecule has 0 spiro atoms. The van der Waals surface area contributed by atoms with Crippen molar-refractivity contribution < 1.29 is 4.79 Å². The second-order valence-electron chi connectivity index (χ2n) is 5.60. The van der Waals surface area contributed by atoms with Gasteiger partial charge < -0.3 is 5.32 Å². The Morgan fingerprint density at radius 3 is 2.91 bits per heavy atom. The third kappa shape index (κ3) is 2.40. The predicted molar refractivity (Wildman–Crippen MR) is 90.7 cm³/mol. The number of nitrogens with zero attached hydrogens (tertiary/aromatic N) is 1. The van der Waals surface area contributed by atoms with Gasteiger partial charge in [-0.3, -0.25) is 9.78 Å². The lowest BCUT2D eigenvalue weighted by molar-refractivity contribution is 0.103. The Morgan fingerprint density at radius 1 is 1.14 bits per heavy atom. The number of para-hydroxylation sites is 1. The van der Waals surface area contributed by atoms with Gasteiger partial charge in [0.05, 0.1) is 16.1 Å². The van der Waals surface area contributed by atoms with E-state index in [0.717, 1.165) is 34.3 Å². The minimum atomic E-state index is -0.0300. The highest BCUT2D eigenvalue weighted by atomic mass is 32.1. The molecule has 0 saturated carbocycles. The zero-order valence-electron chi connectivity index (χ0n) is 12.1. The summed E-state index contributed by atoms with van der Waals surface area (Å²) >= 11 is 1.64. The van der Waals surface area contributed by atoms with Crippen molar-refractivity contribution in [2.75, 3.05) is 5.32 Å². The number of amides is 1. The lowest BCUT2D eigenvalue weighted by atomic mass is 9.99. The Morgan fingerprint density at radius 2 is 2.00 bits per heavy atom. The fraction of sp³-hybridized carbons (Fsp3) is 0.222. The van der Waals surface area contributed by atoms with Gasteiger partial charge in [-0.1, -0.05) is 18.2 Å². The maximum Gasteiger partial charge on any atom is 0.265 e. The van der Waals surface area contributed by atoms with Crippen molar-refractivity contribution in [3.05, 3.63) is 57.9 Å². The fourth-order valence-corrected chi connectivity index (χ4v) is 4.14. The minimum absolute atomic E-state index is 0.0300. The summed E-state index contributed by atoms with van der Waals surface area (Å²) in [5.74, 6) is -0.0300. The molecule has 0 aliphatic heterocycles. The van der Waals surface area contributed by atoms with E-state index in [1.165, 1.54) is 23.3 Å². The van der Waals surface area contributed by atoms with Crippen LogP contribution in [0.4, 0.5) is 5.69 Å². The maximum atomic E-state index is 12.5. The van der Waals surface area contributed by atoms with Gasteiger partial charge in [0.1, 0.15) is 0 Å². The number of fused-ring (bicyclic) bond motifs is 2. The van der Waals surface area contributed by atoms with Gasteiger partial charge >= 0.3 is 0 Å². The molecule has 1 amide bonds. The molecule has 4 rings (SSSR count). The molecule has 0 atom stereocenters. The molecule has 2 heterocycles. The van der Waals surface area contributed by atoms with Crippen LogP contribution < -0.4 is 5.32 Å². The highest BCUT2D eigenvalue weighted by Gasteiger charge is 2.17. The van der Waals surface area contributed by atoms with Gasteiger partial charge in [-0.25, -0.2) is 0 Å². The van der Waals surface area contributed by atoms with Crippen LogP contribution in [0.2, 0.25) is 0 Å². The normalized spacial score (nSPS) is 13.8. The third-order valence-corrected chi connectivity index (χ3v) is 5.34. The van der Waals surface area contributed by atoms with Crippen molar-refractivity contribution in [3.8, 4) is 0 Å². The van der Waals surface area contributed by atoms with E-state index < -0.39 is 0 Å². The Kier molecular flexibility index (Phi) is 3.39. The monoisotopic (exact) mass is 308 g/mol. The number of aryl methyl sites for hydroxylation is 2. The summed E-state index contributed by atoms with van der Waals surface area (Å²) in [5.41, 5.74) is 2.96. The van der Waals surface area contributed by atoms with Crippen LogP contribution >= 0.6 is 11.3 Å². The number of carbonyl (C=O) groups is 1. The lowest BCUT2D eigenvalue weighted by Crippen LogP contribution is -2.10. The van der Waals surface area contributed by atoms with E-state index in [-0.39, 0.29) is 5.91 Å². The number of benzene rings is 1. The molecule has 1 aliphatic rings. The van der Waals surface area contributed by atoms with Crippen molar-refractivity contribution in [1.29, 1.82) is 0 Å². The number of aromatic nitrogens is 1. The summed E-state index contributed by atoms with van der Waals surface area (Å²) in [5, 5.41) is 4.05. The predicted octanol–water partition coefficient (Wildman–Crippen LogP) is 4.43. The topological polar surface area (TPSA) is 42.0 Å². The van der Waals surface area contributed by atoms with Crippen LogP contribution in [-0.4, -0.2) is 10.9 Å². The summed E-state index contributed by atoms with van der Waals surface area (Å²) in [6, 6.07) is 11.8. The average molecular weight is 308 g/mol. The number of anilines is 1. The Balaban J connectivity index is 1.65. The first kappa shape index (κ1) is 13.5. The maximum absolute atomic E-state index is 12.5. The molecular weight excluding hydrogens is 292 g/mol. The quantitative estimate of drug-likeness (QED) is 0.761. The van der Waals surface area contributed by atoms with E-state index in [1.54, 1.807) is 17.5 Å². The number of thiophene rings is 1. The molecule has 3 nitrogen and oxygen atoms in total. The molecule has 1 N–H and O–H groups in total. The molecule has 0 radical (unpaired) electrons. The summed E-state index contributed by atoms with van der Waals surface area (Å²) in [4.78, 5) is 19.1. The summed E-state index contributed by atoms with van der Waals surface area (Å²) < 4.78 is 0. The Bertz CT molecular complexity index is 824. The second kappa shape index (κ2) is 5.54. The van der Waals surface area contributed by atoms with Crippen molar-refractivity contribution in [2.24, 2.45) is 0 Å². The molecule has 0 fully saturated rings. The van der Waals surface area contributed by atoms with Crippen LogP contribution in [-0.2, 0) is 12.8 Å². The first-order valence-corrected chi connectivity index (χ1v) is 8.39. The molecule has 2 aromatic heterocycles. The fourth-order valence-electron chi connectivity index (χ4n) is 2.99. The molecule has 0 bridgehead atoms. The van der Waals surface area contributed by atoms with E-state index in [2.05, 4.69) is 16.4 Å². The van der Waals surface area contributed by atoms with E-state index in [0.29, 0.717) is 0 Å². The molecule has 1 aromatic carbocycles. The highest BCUT2D eigenvalue weighted by molar-refractivity contribution is 7.14. The molecule has 3 aromatic rings. The Hall–Kier alpha value is -2.20. The third-order valence-electron chi connectivity index (χ3n) is 4.10. The van der Waals surface area contributed by atoms with E-state index in [9.17, 15) is 4.79 Å². The largest absolute Gasteiger partial charge is 0.319 e. The van der Waals surface area contributed by atoms with Crippen LogP contribution in [0.5, 0.6) is 0 Å². The van der Waals surface area contributed by atoms with Crippen LogP contribution in [0.3, 0.4) is 0 Å². The molecule has 110 valence electrons. The first-order chi connectivity index (χ1) is 10.8. The molecular formula is C18H16N2OS. The molecule has 0 unspecified atom stereocenters. The van der Waals surface area contributed by atoms with Crippen LogP contribution in [0, 0.1) is 0 Å². The van der Waals surface area contributed by atoms with Gasteiger partial charge in [-0.05, 0) is 49.4 Å². The SMILES string of the molecule is O=C(Nc1cccc2cccnc12)c1cc2c(s1)CCCC2. The summed E-state index contributed by atoms with van der Waals surface area (Å²) in [6.45, 7) is 0. The van der Waals surface area contributed by atoms with Gasteiger partial charge in [0.25, 0.3) is 5.91 Å². The highest BCUT2D eigenvalue weighted by Crippen LogP contribution is 2.30. The molecule has 4 heteroatoms. The number of hydrogen-bond acceptors (Lipinski definition) is 3. The number of pyridine rings is 1. The van der Waals surface area contributed by atoms with Gasteiger partial charge in [0.2, 0.25) is 0 Å². The summed E-state index contributed by atoms with van der Waals surface area (Å²) in [7, 11) is 0. The summed E-state index contributed by atoms with van der Waals surface area (Å²) in [6.07, 6.45) is 6.44. The van der Waals surface area contributed by atoms with Crippen LogP contribution in [0.1, 0.15) is 33.0 Å². The van der Waals surface area contributed by atoms with Gasteiger partial charge in [0, 0.05) is 16.5 Å². The molecule has 1 aliphatic carbocycles. The van der Waals surface area contributed by atoms with Crippen molar-refractivity contribution in [2.45, 2.75) is 25.7 Å². The van der Waals surface area contributed by atoms with Gasteiger partial charge in [0.15, 0.2) is 0 Å². The molecule has 22 heavy (non-hydrogen) atoms. The first-order valence-electron chi connectivity index (χ1n) is 7.58. The van der Waals surface area contributed by atoms with E-state index in [4.69, 9.17) is 0 Å². The van der Waals surface area contributed by atoms with Crippen LogP contribution in [0.25, 0.3) is 10.9 Å². The van der Waals surface area contributed by atoms with Gasteiger partial charge in [-0.2, -0.15) is 0 Å². The second-order valence-corrected chi connectivity index (χ2v) is 6.74. The van der Waals surface area contributed by atoms with Gasteiger partial charge in [-0.15, -0.1) is 11.3 Å².